The minimum absolute atomic E-state index is 0.131. The van der Waals surface area contributed by atoms with E-state index in [0.29, 0.717) is 11.4 Å². The maximum atomic E-state index is 12.1. The first kappa shape index (κ1) is 12.8. The lowest BCUT2D eigenvalue weighted by molar-refractivity contribution is -0.142. The maximum Gasteiger partial charge on any atom is 0.310 e. The van der Waals surface area contributed by atoms with Gasteiger partial charge in [0.15, 0.2) is 5.65 Å². The highest BCUT2D eigenvalue weighted by Crippen LogP contribution is 2.21. The molecule has 0 aliphatic rings. The average Bonchev–Trinajstić information content (AvgIpc) is 2.70. The molecule has 0 fully saturated rings. The molecule has 0 unspecified atom stereocenters. The molecule has 0 radical (unpaired) electrons. The molecule has 0 amide bonds. The summed E-state index contributed by atoms with van der Waals surface area (Å²) in [5, 5.41) is 2.77. The second kappa shape index (κ2) is 4.94. The Labute approximate surface area is 108 Å². The Morgan fingerprint density at radius 1 is 1.63 bits per heavy atom. The number of nitrogens with zero attached hydrogens (tertiary/aromatic N) is 3. The van der Waals surface area contributed by atoms with Gasteiger partial charge in [0.25, 0.3) is 11.2 Å². The van der Waals surface area contributed by atoms with Crippen LogP contribution in [0.15, 0.2) is 11.0 Å². The lowest BCUT2D eigenvalue weighted by atomic mass is 10.2. The van der Waals surface area contributed by atoms with Crippen molar-refractivity contribution in [3.05, 3.63) is 39.2 Å². The van der Waals surface area contributed by atoms with Crippen molar-refractivity contribution in [2.75, 3.05) is 6.61 Å². The summed E-state index contributed by atoms with van der Waals surface area (Å²) in [4.78, 5) is 30.9. The molecule has 98 valence electrons. The molecule has 7 nitrogen and oxygen atoms in total. The molecule has 0 aromatic carbocycles. The highest BCUT2D eigenvalue weighted by molar-refractivity contribution is 5.73. The van der Waals surface area contributed by atoms with E-state index >= 15 is 0 Å². The second-order valence-corrected chi connectivity index (χ2v) is 3.93. The molecular formula is C12H12N4O3. The first-order chi connectivity index (χ1) is 9.08. The quantitative estimate of drug-likeness (QED) is 0.659. The fraction of sp³-hybridized carbons (Fsp3) is 0.333. The topological polar surface area (TPSA) is 80.8 Å². The Bertz CT molecular complexity index is 736. The summed E-state index contributed by atoms with van der Waals surface area (Å²) in [6.07, 6.45) is 1.19. The largest absolute Gasteiger partial charge is 0.466 e. The molecule has 7 heteroatoms. The Hall–Kier alpha value is -2.62. The van der Waals surface area contributed by atoms with Gasteiger partial charge in [0.05, 0.1) is 19.6 Å². The molecule has 2 aromatic heterocycles. The average molecular weight is 260 g/mol. The lowest BCUT2D eigenvalue weighted by Crippen LogP contribution is -2.22. The minimum Gasteiger partial charge on any atom is -0.466 e. The van der Waals surface area contributed by atoms with Gasteiger partial charge in [0, 0.05) is 17.5 Å². The number of esters is 1. The van der Waals surface area contributed by atoms with Gasteiger partial charge >= 0.3 is 5.97 Å². The number of nitrogens with one attached hydrogen (secondary N) is 1. The monoisotopic (exact) mass is 260 g/mol. The number of carbonyl (C=O) groups excluding carboxylic acids is 1. The van der Waals surface area contributed by atoms with E-state index in [4.69, 9.17) is 11.3 Å². The number of ether oxygens (including phenoxy) is 1. The van der Waals surface area contributed by atoms with E-state index in [9.17, 15) is 9.59 Å². The number of aromatic amines is 1. The minimum atomic E-state index is -0.477. The smallest absolute Gasteiger partial charge is 0.310 e. The van der Waals surface area contributed by atoms with Crippen LogP contribution in [0.25, 0.3) is 10.5 Å². The molecule has 0 aliphatic carbocycles. The van der Waals surface area contributed by atoms with Gasteiger partial charge < -0.3 is 9.84 Å². The fourth-order valence-electron chi connectivity index (χ4n) is 1.77. The number of fused-ring (bicyclic) bond motifs is 1. The molecule has 0 atom stereocenters. The van der Waals surface area contributed by atoms with E-state index in [-0.39, 0.29) is 24.2 Å². The summed E-state index contributed by atoms with van der Waals surface area (Å²) >= 11 is 0. The standard InChI is InChI=1S/C12H12N4O3/c1-4-19-9(17)5-8-6-14-11-10(13-3)7(2)15-16(11)12(8)18/h6,15H,4-5H2,1-2H3. The molecular weight excluding hydrogens is 248 g/mol. The van der Waals surface area contributed by atoms with E-state index in [1.165, 1.54) is 10.7 Å². The van der Waals surface area contributed by atoms with E-state index in [2.05, 4.69) is 14.9 Å². The van der Waals surface area contributed by atoms with Gasteiger partial charge in [-0.1, -0.05) is 0 Å². The summed E-state index contributed by atoms with van der Waals surface area (Å²) in [5.41, 5.74) is 0.975. The molecule has 1 N–H and O–H groups in total. The van der Waals surface area contributed by atoms with Gasteiger partial charge in [-0.3, -0.25) is 9.59 Å². The van der Waals surface area contributed by atoms with Gasteiger partial charge in [-0.25, -0.2) is 14.3 Å². The van der Waals surface area contributed by atoms with Crippen LogP contribution in [0.3, 0.4) is 0 Å². The summed E-state index contributed by atoms with van der Waals surface area (Å²) in [6.45, 7) is 10.7. The molecule has 0 saturated carbocycles. The number of rotatable bonds is 3. The fourth-order valence-corrected chi connectivity index (χ4v) is 1.77. The molecule has 0 saturated heterocycles. The van der Waals surface area contributed by atoms with Crippen molar-refractivity contribution in [2.45, 2.75) is 20.3 Å². The van der Waals surface area contributed by atoms with Crippen LogP contribution in [-0.2, 0) is 16.0 Å². The van der Waals surface area contributed by atoms with Crippen LogP contribution in [0, 0.1) is 13.5 Å². The third kappa shape index (κ3) is 2.20. The predicted octanol–water partition coefficient (Wildman–Crippen LogP) is 0.987. The van der Waals surface area contributed by atoms with Crippen LogP contribution in [0.2, 0.25) is 0 Å². The van der Waals surface area contributed by atoms with Gasteiger partial charge in [-0.15, -0.1) is 0 Å². The van der Waals surface area contributed by atoms with Crippen molar-refractivity contribution in [2.24, 2.45) is 0 Å². The van der Waals surface area contributed by atoms with E-state index in [1.54, 1.807) is 13.8 Å². The van der Waals surface area contributed by atoms with Gasteiger partial charge in [-0.2, -0.15) is 0 Å². The highest BCUT2D eigenvalue weighted by Gasteiger charge is 2.15. The molecule has 19 heavy (non-hydrogen) atoms. The lowest BCUT2D eigenvalue weighted by Gasteiger charge is -2.01. The van der Waals surface area contributed by atoms with Crippen LogP contribution in [0.4, 0.5) is 5.69 Å². The molecule has 2 aromatic rings. The number of aryl methyl sites for hydroxylation is 1. The third-order valence-electron chi connectivity index (χ3n) is 2.63. The third-order valence-corrected chi connectivity index (χ3v) is 2.63. The van der Waals surface area contributed by atoms with Crippen LogP contribution in [0.5, 0.6) is 0 Å². The Balaban J connectivity index is 2.51. The second-order valence-electron chi connectivity index (χ2n) is 3.93. The predicted molar refractivity (Wildman–Crippen MR) is 67.1 cm³/mol. The normalized spacial score (nSPS) is 10.4. The van der Waals surface area contributed by atoms with Crippen molar-refractivity contribution >= 4 is 17.3 Å². The molecule has 0 spiro atoms. The summed E-state index contributed by atoms with van der Waals surface area (Å²) in [6, 6.07) is 0. The summed E-state index contributed by atoms with van der Waals surface area (Å²) < 4.78 is 5.97. The number of H-pyrrole nitrogens is 1. The summed E-state index contributed by atoms with van der Waals surface area (Å²) in [5.74, 6) is -0.477. The van der Waals surface area contributed by atoms with Crippen molar-refractivity contribution in [3.63, 3.8) is 0 Å². The summed E-state index contributed by atoms with van der Waals surface area (Å²) in [7, 11) is 0. The van der Waals surface area contributed by atoms with Crippen LogP contribution in [0.1, 0.15) is 18.2 Å². The first-order valence-corrected chi connectivity index (χ1v) is 5.70. The zero-order chi connectivity index (χ0) is 14.0. The van der Waals surface area contributed by atoms with E-state index in [1.807, 2.05) is 0 Å². The first-order valence-electron chi connectivity index (χ1n) is 5.70. The van der Waals surface area contributed by atoms with Crippen LogP contribution >= 0.6 is 0 Å². The zero-order valence-electron chi connectivity index (χ0n) is 10.6. The van der Waals surface area contributed by atoms with Crippen molar-refractivity contribution in [1.82, 2.24) is 14.6 Å². The Morgan fingerprint density at radius 3 is 3.00 bits per heavy atom. The highest BCUT2D eigenvalue weighted by atomic mass is 16.5. The van der Waals surface area contributed by atoms with E-state index in [0.717, 1.165) is 0 Å². The molecule has 0 bridgehead atoms. The number of carbonyl (C=O) groups is 1. The molecule has 0 aliphatic heterocycles. The van der Waals surface area contributed by atoms with Gasteiger partial charge in [0.2, 0.25) is 0 Å². The molecule has 2 heterocycles. The zero-order valence-corrected chi connectivity index (χ0v) is 10.6. The van der Waals surface area contributed by atoms with Crippen LogP contribution in [-0.4, -0.2) is 27.2 Å². The number of hydrogen-bond acceptors (Lipinski definition) is 4. The van der Waals surface area contributed by atoms with Crippen molar-refractivity contribution in [1.29, 1.82) is 0 Å². The molecule has 2 rings (SSSR count). The number of aromatic nitrogens is 3. The van der Waals surface area contributed by atoms with Crippen molar-refractivity contribution in [3.8, 4) is 0 Å². The SMILES string of the molecule is [C-]#[N+]c1c(C)[nH]n2c(=O)c(CC(=O)OCC)cnc12. The number of hydrogen-bond donors (Lipinski definition) is 1. The Morgan fingerprint density at radius 2 is 2.37 bits per heavy atom. The Kier molecular flexibility index (Phi) is 3.33. The maximum absolute atomic E-state index is 12.1. The van der Waals surface area contributed by atoms with Crippen LogP contribution < -0.4 is 5.56 Å². The van der Waals surface area contributed by atoms with Gasteiger partial charge in [-0.05, 0) is 13.8 Å². The van der Waals surface area contributed by atoms with E-state index < -0.39 is 11.5 Å². The van der Waals surface area contributed by atoms with Crippen molar-refractivity contribution < 1.29 is 9.53 Å². The van der Waals surface area contributed by atoms with Gasteiger partial charge in [0.1, 0.15) is 0 Å².